The molecule has 2 aromatic rings. The van der Waals surface area contributed by atoms with E-state index < -0.39 is 14.6 Å². The van der Waals surface area contributed by atoms with Crippen LogP contribution in [0.1, 0.15) is 33.3 Å². The van der Waals surface area contributed by atoms with Crippen molar-refractivity contribution in [2.24, 2.45) is 0 Å². The number of quaternary nitrogens is 1. The van der Waals surface area contributed by atoms with Gasteiger partial charge in [-0.25, -0.2) is 18.4 Å². The molecular weight excluding hydrogens is 456 g/mol. The Morgan fingerprint density at radius 2 is 1.97 bits per heavy atom. The molecule has 3 heterocycles. The van der Waals surface area contributed by atoms with Crippen LogP contribution < -0.4 is 16.0 Å². The average Bonchev–Trinajstić information content (AvgIpc) is 2.77. The van der Waals surface area contributed by atoms with Crippen LogP contribution in [0.4, 0.5) is 23.3 Å². The lowest BCUT2D eigenvalue weighted by Gasteiger charge is -2.29. The number of amidine groups is 1. The third kappa shape index (κ3) is 6.61. The van der Waals surface area contributed by atoms with Crippen molar-refractivity contribution in [3.63, 3.8) is 0 Å². The van der Waals surface area contributed by atoms with Crippen molar-refractivity contribution in [2.45, 2.75) is 38.5 Å². The molecule has 0 amide bonds. The van der Waals surface area contributed by atoms with E-state index in [2.05, 4.69) is 44.7 Å². The van der Waals surface area contributed by atoms with Gasteiger partial charge in [0.15, 0.2) is 9.84 Å². The lowest BCUT2D eigenvalue weighted by molar-refractivity contribution is -0.603. The topological polar surface area (TPSA) is 150 Å². The van der Waals surface area contributed by atoms with Gasteiger partial charge in [0.25, 0.3) is 0 Å². The van der Waals surface area contributed by atoms with Crippen LogP contribution in [0.2, 0.25) is 0 Å². The molecule has 1 fully saturated rings. The van der Waals surface area contributed by atoms with Gasteiger partial charge < -0.3 is 25.6 Å². The Labute approximate surface area is 201 Å². The van der Waals surface area contributed by atoms with E-state index in [1.165, 1.54) is 6.26 Å². The minimum atomic E-state index is -3.24. The van der Waals surface area contributed by atoms with Crippen LogP contribution in [-0.4, -0.2) is 84.0 Å². The highest BCUT2D eigenvalue weighted by Crippen LogP contribution is 2.21. The van der Waals surface area contributed by atoms with Crippen LogP contribution in [0, 0.1) is 5.41 Å². The highest BCUT2D eigenvalue weighted by Gasteiger charge is 2.30. The summed E-state index contributed by atoms with van der Waals surface area (Å²) in [7, 11) is -3.24. The molecule has 12 heteroatoms. The number of anilines is 3. The number of nitrogens with one attached hydrogen (secondary N) is 3. The zero-order valence-corrected chi connectivity index (χ0v) is 21.2. The van der Waals surface area contributed by atoms with Gasteiger partial charge in [0.2, 0.25) is 5.95 Å². The molecule has 0 atom stereocenters. The first-order valence-corrected chi connectivity index (χ1v) is 13.2. The molecule has 11 nitrogen and oxygen atoms in total. The lowest BCUT2D eigenvalue weighted by Crippen LogP contribution is -2.83. The van der Waals surface area contributed by atoms with Crippen molar-refractivity contribution in [3.8, 4) is 0 Å². The maximum Gasteiger partial charge on any atom is 0.224 e. The summed E-state index contributed by atoms with van der Waals surface area (Å²) in [5, 5.41) is 17.0. The van der Waals surface area contributed by atoms with E-state index in [4.69, 9.17) is 10.1 Å². The highest BCUT2D eigenvalue weighted by molar-refractivity contribution is 7.92. The number of hydrogen-bond donors (Lipinski definition) is 4. The molecule has 0 aromatic carbocycles. The van der Waals surface area contributed by atoms with Crippen LogP contribution in [0.15, 0.2) is 24.5 Å². The second-order valence-corrected chi connectivity index (χ2v) is 11.9. The largest absolute Gasteiger partial charge is 0.378 e. The van der Waals surface area contributed by atoms with Crippen molar-refractivity contribution in [1.29, 1.82) is 5.41 Å². The molecule has 34 heavy (non-hydrogen) atoms. The number of nitrogens with zero attached hydrogens (tertiary/aromatic N) is 4. The first-order chi connectivity index (χ1) is 16.0. The van der Waals surface area contributed by atoms with E-state index >= 15 is 0 Å². The van der Waals surface area contributed by atoms with Gasteiger partial charge in [0, 0.05) is 44.4 Å². The highest BCUT2D eigenvalue weighted by atomic mass is 32.2. The first kappa shape index (κ1) is 25.8. The number of hydrogen-bond acceptors (Lipinski definition) is 9. The molecule has 0 radical (unpaired) electrons. The monoisotopic (exact) mass is 491 g/mol. The van der Waals surface area contributed by atoms with Gasteiger partial charge in [-0.1, -0.05) is 0 Å². The van der Waals surface area contributed by atoms with Gasteiger partial charge in [0.1, 0.15) is 23.2 Å². The normalized spacial score (nSPS) is 14.8. The fourth-order valence-electron chi connectivity index (χ4n) is 3.26. The minimum Gasteiger partial charge on any atom is -0.378 e. The summed E-state index contributed by atoms with van der Waals surface area (Å²) in [6, 6.07) is 3.91. The molecule has 0 saturated carbocycles. The molecule has 2 aromatic heterocycles. The fourth-order valence-corrected chi connectivity index (χ4v) is 3.59. The van der Waals surface area contributed by atoms with Gasteiger partial charge in [-0.15, -0.1) is 0 Å². The second-order valence-electron chi connectivity index (χ2n) is 9.29. The Kier molecular flexibility index (Phi) is 8.05. The van der Waals surface area contributed by atoms with Crippen molar-refractivity contribution in [2.75, 3.05) is 49.7 Å². The van der Waals surface area contributed by atoms with E-state index in [9.17, 15) is 8.42 Å². The van der Waals surface area contributed by atoms with Crippen molar-refractivity contribution in [3.05, 3.63) is 30.1 Å². The summed E-state index contributed by atoms with van der Waals surface area (Å²) in [5.74, 6) is 1.87. The van der Waals surface area contributed by atoms with E-state index in [0.717, 1.165) is 11.3 Å². The van der Waals surface area contributed by atoms with Crippen molar-refractivity contribution >= 4 is 38.9 Å². The molecule has 0 spiro atoms. The first-order valence-electron chi connectivity index (χ1n) is 11.3. The molecular formula is C22H35N8O3S+. The van der Waals surface area contributed by atoms with Gasteiger partial charge in [-0.2, -0.15) is 4.98 Å². The van der Waals surface area contributed by atoms with E-state index in [-0.39, 0.29) is 6.54 Å². The third-order valence-corrected chi connectivity index (χ3v) is 7.77. The Bertz CT molecular complexity index is 1110. The molecule has 1 aliphatic heterocycles. The summed E-state index contributed by atoms with van der Waals surface area (Å²) in [6.45, 7) is 10.3. The van der Waals surface area contributed by atoms with Crippen molar-refractivity contribution in [1.82, 2.24) is 19.9 Å². The Hall–Kier alpha value is -2.83. The predicted octanol–water partition coefficient (Wildman–Crippen LogP) is 1.11. The van der Waals surface area contributed by atoms with Crippen LogP contribution >= 0.6 is 0 Å². The van der Waals surface area contributed by atoms with Crippen LogP contribution in [0.3, 0.4) is 0 Å². The maximum absolute atomic E-state index is 11.9. The molecule has 0 aliphatic carbocycles. The summed E-state index contributed by atoms with van der Waals surface area (Å²) in [5.41, 5.74) is 1.69. The molecule has 0 unspecified atom stereocenters. The average molecular weight is 492 g/mol. The zero-order valence-electron chi connectivity index (χ0n) is 20.4. The third-order valence-electron chi connectivity index (χ3n) is 5.62. The zero-order chi connectivity index (χ0) is 24.9. The predicted molar refractivity (Wildman–Crippen MR) is 133 cm³/mol. The molecule has 0 bridgehead atoms. The van der Waals surface area contributed by atoms with E-state index in [1.807, 2.05) is 11.0 Å². The summed E-state index contributed by atoms with van der Waals surface area (Å²) in [4.78, 5) is 15.1. The van der Waals surface area contributed by atoms with Gasteiger partial charge in [0.05, 0.1) is 29.6 Å². The minimum absolute atomic E-state index is 0.180. The number of ether oxygens (including phenoxy) is 1. The number of nitrogens with two attached hydrogens (primary N) is 1. The fraction of sp³-hybridized carbons (Fsp3) is 0.545. The summed E-state index contributed by atoms with van der Waals surface area (Å²) >= 11 is 0. The number of rotatable bonds is 9. The quantitative estimate of drug-likeness (QED) is 0.299. The Morgan fingerprint density at radius 3 is 2.62 bits per heavy atom. The van der Waals surface area contributed by atoms with E-state index in [0.29, 0.717) is 55.8 Å². The molecule has 186 valence electrons. The standard InChI is InChI=1S/C22H34N8O3S/c1-15(2)27-17-12-19(25-13-16(17)20(23)30-8-10-33-11-9-30)28-18-6-7-24-21(29-18)26-14-22(3,4)34(5,31)32/h6-7,12-13,15,23H,8-11,14H2,1-5H3,(H3,24,25,26,27,28,29)/p+1. The summed E-state index contributed by atoms with van der Waals surface area (Å²) in [6.07, 6.45) is 4.52. The van der Waals surface area contributed by atoms with Crippen LogP contribution in [0.5, 0.6) is 0 Å². The molecule has 3 rings (SSSR count). The molecule has 5 N–H and O–H groups in total. The smallest absolute Gasteiger partial charge is 0.224 e. The number of morpholine rings is 1. The second kappa shape index (κ2) is 10.6. The van der Waals surface area contributed by atoms with Crippen LogP contribution in [0.25, 0.3) is 0 Å². The molecule has 1 saturated heterocycles. The SMILES string of the molecule is CC(C)[NH2+]c1cc(Nc2ccnc(NCC(C)(C)S(C)(=O)=O)n2)ncc1C(=N)N1CCOCC1. The van der Waals surface area contributed by atoms with Gasteiger partial charge in [-0.05, 0) is 33.8 Å². The Balaban J connectivity index is 1.77. The summed E-state index contributed by atoms with van der Waals surface area (Å²) < 4.78 is 28.3. The number of pyridine rings is 1. The van der Waals surface area contributed by atoms with Gasteiger partial charge >= 0.3 is 0 Å². The number of aromatic nitrogens is 3. The lowest BCUT2D eigenvalue weighted by atomic mass is 10.1. The van der Waals surface area contributed by atoms with Crippen LogP contribution in [-0.2, 0) is 14.6 Å². The van der Waals surface area contributed by atoms with Gasteiger partial charge in [-0.3, -0.25) is 5.41 Å². The van der Waals surface area contributed by atoms with E-state index in [1.54, 1.807) is 32.3 Å². The number of sulfone groups is 1. The Morgan fingerprint density at radius 1 is 1.26 bits per heavy atom. The van der Waals surface area contributed by atoms with Crippen molar-refractivity contribution < 1.29 is 18.5 Å². The maximum atomic E-state index is 11.9. The molecule has 1 aliphatic rings.